The third-order valence-electron chi connectivity index (χ3n) is 5.85. The number of amides is 2. The van der Waals surface area contributed by atoms with Gasteiger partial charge < -0.3 is 15.1 Å². The van der Waals surface area contributed by atoms with Crippen LogP contribution < -0.4 is 5.32 Å². The number of benzene rings is 1. The summed E-state index contributed by atoms with van der Waals surface area (Å²) >= 11 is 0. The summed E-state index contributed by atoms with van der Waals surface area (Å²) in [5.41, 5.74) is 1.88. The van der Waals surface area contributed by atoms with Crippen LogP contribution in [0.2, 0.25) is 0 Å². The quantitative estimate of drug-likeness (QED) is 0.855. The molecule has 0 saturated carbocycles. The molecule has 0 spiro atoms. The third kappa shape index (κ3) is 5.69. The van der Waals surface area contributed by atoms with Gasteiger partial charge in [0.2, 0.25) is 5.91 Å². The van der Waals surface area contributed by atoms with E-state index in [4.69, 9.17) is 0 Å². The molecule has 2 saturated heterocycles. The van der Waals surface area contributed by atoms with Crippen LogP contribution in [-0.4, -0.2) is 60.9 Å². The maximum Gasteiger partial charge on any atom is 0.253 e. The molecule has 2 atom stereocenters. The fraction of sp³-hybridized carbons (Fsp3) is 0.619. The largest absolute Gasteiger partial charge is 0.339 e. The number of carbonyl (C=O) groups excluding carboxylic acids is 2. The predicted octanol–water partition coefficient (Wildman–Crippen LogP) is 2.73. The van der Waals surface area contributed by atoms with Gasteiger partial charge in [-0.3, -0.25) is 9.59 Å². The molecule has 6 heteroatoms. The fourth-order valence-corrected chi connectivity index (χ4v) is 3.97. The lowest BCUT2D eigenvalue weighted by Gasteiger charge is -2.36. The molecule has 0 aliphatic carbocycles. The number of nitrogens with zero attached hydrogens (tertiary/aromatic N) is 2. The number of piperidine rings is 1. The first kappa shape index (κ1) is 21.7. The Bertz CT molecular complexity index is 621. The molecule has 1 N–H and O–H groups in total. The first-order valence-corrected chi connectivity index (χ1v) is 9.89. The van der Waals surface area contributed by atoms with Gasteiger partial charge in [0, 0.05) is 38.2 Å². The Morgan fingerprint density at radius 1 is 1.11 bits per heavy atom. The Hall–Kier alpha value is -1.59. The number of hydrogen-bond donors (Lipinski definition) is 1. The van der Waals surface area contributed by atoms with Crippen LogP contribution in [0.1, 0.15) is 42.1 Å². The molecule has 0 radical (unpaired) electrons. The van der Waals surface area contributed by atoms with Crippen LogP contribution in [0.4, 0.5) is 0 Å². The first-order chi connectivity index (χ1) is 12.5. The highest BCUT2D eigenvalue weighted by molar-refractivity contribution is 5.94. The normalized spacial score (nSPS) is 21.3. The van der Waals surface area contributed by atoms with Gasteiger partial charge in [0.05, 0.1) is 0 Å². The second-order valence-corrected chi connectivity index (χ2v) is 7.83. The maximum atomic E-state index is 12.6. The summed E-state index contributed by atoms with van der Waals surface area (Å²) in [6, 6.07) is 7.70. The molecule has 2 heterocycles. The monoisotopic (exact) mass is 393 g/mol. The van der Waals surface area contributed by atoms with E-state index < -0.39 is 0 Å². The molecule has 2 fully saturated rings. The molecule has 2 unspecified atom stereocenters. The summed E-state index contributed by atoms with van der Waals surface area (Å²) in [4.78, 5) is 29.0. The Morgan fingerprint density at radius 3 is 2.33 bits per heavy atom. The molecule has 1 aromatic rings. The average molecular weight is 394 g/mol. The van der Waals surface area contributed by atoms with Crippen LogP contribution >= 0.6 is 12.4 Å². The Balaban J connectivity index is 0.00000261. The number of carbonyl (C=O) groups is 2. The molecule has 2 aliphatic rings. The number of hydrogen-bond acceptors (Lipinski definition) is 3. The van der Waals surface area contributed by atoms with Crippen molar-refractivity contribution in [2.75, 3.05) is 39.3 Å². The number of aryl methyl sites for hydroxylation is 1. The van der Waals surface area contributed by atoms with Crippen molar-refractivity contribution in [3.8, 4) is 0 Å². The minimum Gasteiger partial charge on any atom is -0.339 e. The van der Waals surface area contributed by atoms with Crippen molar-refractivity contribution in [3.63, 3.8) is 0 Å². The first-order valence-electron chi connectivity index (χ1n) is 9.89. The van der Waals surface area contributed by atoms with Gasteiger partial charge >= 0.3 is 0 Å². The van der Waals surface area contributed by atoms with E-state index >= 15 is 0 Å². The van der Waals surface area contributed by atoms with Crippen LogP contribution in [0.15, 0.2) is 24.3 Å². The second kappa shape index (κ2) is 10.1. The van der Waals surface area contributed by atoms with Crippen molar-refractivity contribution in [1.29, 1.82) is 0 Å². The van der Waals surface area contributed by atoms with Crippen LogP contribution in [0.3, 0.4) is 0 Å². The number of rotatable bonds is 4. The van der Waals surface area contributed by atoms with Crippen LogP contribution in [0.25, 0.3) is 0 Å². The van der Waals surface area contributed by atoms with Gasteiger partial charge in [-0.25, -0.2) is 0 Å². The zero-order valence-corrected chi connectivity index (χ0v) is 17.3. The van der Waals surface area contributed by atoms with Crippen LogP contribution in [-0.2, 0) is 4.79 Å². The van der Waals surface area contributed by atoms with E-state index in [2.05, 4.69) is 12.2 Å². The minimum absolute atomic E-state index is 0. The topological polar surface area (TPSA) is 52.7 Å². The average Bonchev–Trinajstić information content (AvgIpc) is 2.69. The molecule has 27 heavy (non-hydrogen) atoms. The lowest BCUT2D eigenvalue weighted by molar-refractivity contribution is -0.134. The number of nitrogens with one attached hydrogen (secondary N) is 1. The highest BCUT2D eigenvalue weighted by Gasteiger charge is 2.28. The van der Waals surface area contributed by atoms with Crippen molar-refractivity contribution in [2.45, 2.75) is 33.1 Å². The zero-order valence-electron chi connectivity index (χ0n) is 16.4. The van der Waals surface area contributed by atoms with Gasteiger partial charge in [-0.2, -0.15) is 0 Å². The highest BCUT2D eigenvalue weighted by atomic mass is 35.5. The number of piperazine rings is 1. The molecule has 2 aliphatic heterocycles. The maximum absolute atomic E-state index is 12.6. The predicted molar refractivity (Wildman–Crippen MR) is 110 cm³/mol. The van der Waals surface area contributed by atoms with Crippen molar-refractivity contribution in [3.05, 3.63) is 35.4 Å². The lowest BCUT2D eigenvalue weighted by atomic mass is 9.85. The number of halogens is 1. The molecule has 1 aromatic carbocycles. The molecule has 5 nitrogen and oxygen atoms in total. The summed E-state index contributed by atoms with van der Waals surface area (Å²) in [6.07, 6.45) is 3.06. The van der Waals surface area contributed by atoms with Gasteiger partial charge in [-0.1, -0.05) is 24.6 Å². The third-order valence-corrected chi connectivity index (χ3v) is 5.85. The van der Waals surface area contributed by atoms with E-state index in [0.29, 0.717) is 44.4 Å². The van der Waals surface area contributed by atoms with E-state index in [1.54, 1.807) is 0 Å². The van der Waals surface area contributed by atoms with Gasteiger partial charge in [0.25, 0.3) is 5.91 Å². The SMILES string of the molecule is Cc1ccc(C(=O)N2CCN(C(=O)CC(C)C3CCCNC3)CC2)cc1.Cl. The highest BCUT2D eigenvalue weighted by Crippen LogP contribution is 2.23. The molecule has 2 amide bonds. The second-order valence-electron chi connectivity index (χ2n) is 7.83. The van der Waals surface area contributed by atoms with Crippen molar-refractivity contribution in [2.24, 2.45) is 11.8 Å². The molecule has 0 aromatic heterocycles. The van der Waals surface area contributed by atoms with Gasteiger partial charge in [-0.15, -0.1) is 12.4 Å². The Kier molecular flexibility index (Phi) is 8.11. The Morgan fingerprint density at radius 2 is 1.74 bits per heavy atom. The van der Waals surface area contributed by atoms with E-state index in [0.717, 1.165) is 24.2 Å². The lowest BCUT2D eigenvalue weighted by Crippen LogP contribution is -2.51. The molecule has 150 valence electrons. The van der Waals surface area contributed by atoms with E-state index in [-0.39, 0.29) is 24.2 Å². The van der Waals surface area contributed by atoms with Crippen molar-refractivity contribution >= 4 is 24.2 Å². The molecule has 0 bridgehead atoms. The zero-order chi connectivity index (χ0) is 18.5. The standard InChI is InChI=1S/C21H31N3O2.ClH/c1-16-5-7-18(8-6-16)21(26)24-12-10-23(11-13-24)20(25)14-17(2)19-4-3-9-22-15-19;/h5-8,17,19,22H,3-4,9-15H2,1-2H3;1H. The van der Waals surface area contributed by atoms with Crippen molar-refractivity contribution in [1.82, 2.24) is 15.1 Å². The van der Waals surface area contributed by atoms with E-state index in [1.165, 1.54) is 12.8 Å². The molecule has 3 rings (SSSR count). The van der Waals surface area contributed by atoms with Gasteiger partial charge in [0.1, 0.15) is 0 Å². The van der Waals surface area contributed by atoms with Crippen molar-refractivity contribution < 1.29 is 9.59 Å². The Labute approximate surface area is 168 Å². The summed E-state index contributed by atoms with van der Waals surface area (Å²) in [5.74, 6) is 1.34. The van der Waals surface area contributed by atoms with E-state index in [9.17, 15) is 9.59 Å². The smallest absolute Gasteiger partial charge is 0.253 e. The van der Waals surface area contributed by atoms with Gasteiger partial charge in [0.15, 0.2) is 0 Å². The molecular weight excluding hydrogens is 362 g/mol. The van der Waals surface area contributed by atoms with E-state index in [1.807, 2.05) is 41.0 Å². The molecular formula is C21H32ClN3O2. The summed E-state index contributed by atoms with van der Waals surface area (Å²) in [7, 11) is 0. The van der Waals surface area contributed by atoms with Crippen LogP contribution in [0, 0.1) is 18.8 Å². The minimum atomic E-state index is 0. The summed E-state index contributed by atoms with van der Waals surface area (Å²) < 4.78 is 0. The van der Waals surface area contributed by atoms with Gasteiger partial charge in [-0.05, 0) is 56.8 Å². The summed E-state index contributed by atoms with van der Waals surface area (Å²) in [5, 5.41) is 3.44. The summed E-state index contributed by atoms with van der Waals surface area (Å²) in [6.45, 7) is 8.89. The van der Waals surface area contributed by atoms with Crippen LogP contribution in [0.5, 0.6) is 0 Å². The fourth-order valence-electron chi connectivity index (χ4n) is 3.97.